The Balaban J connectivity index is 1.56. The maximum absolute atomic E-state index is 15.5. The molecule has 9 heteroatoms. The van der Waals surface area contributed by atoms with Gasteiger partial charge in [0.1, 0.15) is 22.7 Å². The summed E-state index contributed by atoms with van der Waals surface area (Å²) in [5.41, 5.74) is 3.44. The lowest BCUT2D eigenvalue weighted by molar-refractivity contribution is 0.631. The van der Waals surface area contributed by atoms with E-state index in [-0.39, 0.29) is 16.9 Å². The van der Waals surface area contributed by atoms with Gasteiger partial charge in [-0.25, -0.2) is 13.8 Å². The number of fused-ring (bicyclic) bond motifs is 2. The molecule has 0 spiro atoms. The van der Waals surface area contributed by atoms with Crippen LogP contribution in [0, 0.1) is 11.6 Å². The first kappa shape index (κ1) is 18.3. The molecule has 0 aliphatic rings. The van der Waals surface area contributed by atoms with Crippen molar-refractivity contribution in [3.63, 3.8) is 0 Å². The predicted octanol–water partition coefficient (Wildman–Crippen LogP) is 4.90. The average molecular weight is 425 g/mol. The van der Waals surface area contributed by atoms with Crippen molar-refractivity contribution >= 4 is 21.9 Å². The fourth-order valence-electron chi connectivity index (χ4n) is 3.77. The number of pyridine rings is 3. The molecular formula is C23H13F2N7. The Morgan fingerprint density at radius 3 is 2.53 bits per heavy atom. The summed E-state index contributed by atoms with van der Waals surface area (Å²) in [5, 5.41) is 7.32. The number of hydrogen-bond donors (Lipinski definition) is 2. The Hall–Kier alpha value is -4.53. The summed E-state index contributed by atoms with van der Waals surface area (Å²) in [6.07, 6.45) is 7.82. The summed E-state index contributed by atoms with van der Waals surface area (Å²) >= 11 is 0. The van der Waals surface area contributed by atoms with Gasteiger partial charge < -0.3 is 4.98 Å². The van der Waals surface area contributed by atoms with Crippen LogP contribution in [-0.2, 0) is 0 Å². The Kier molecular flexibility index (Phi) is 4.00. The molecule has 0 aliphatic carbocycles. The van der Waals surface area contributed by atoms with Gasteiger partial charge in [0.25, 0.3) is 0 Å². The van der Waals surface area contributed by atoms with Crippen molar-refractivity contribution < 1.29 is 8.78 Å². The third-order valence-corrected chi connectivity index (χ3v) is 5.26. The number of aromatic amines is 2. The number of hydrogen-bond acceptors (Lipinski definition) is 5. The van der Waals surface area contributed by atoms with E-state index in [4.69, 9.17) is 0 Å². The molecule has 0 fully saturated rings. The molecule has 154 valence electrons. The van der Waals surface area contributed by atoms with E-state index in [0.29, 0.717) is 44.8 Å². The third kappa shape index (κ3) is 2.75. The minimum atomic E-state index is -0.535. The molecular weight excluding hydrogens is 412 g/mol. The molecule has 32 heavy (non-hydrogen) atoms. The molecule has 0 saturated heterocycles. The zero-order valence-electron chi connectivity index (χ0n) is 16.3. The van der Waals surface area contributed by atoms with Crippen molar-refractivity contribution in [1.29, 1.82) is 0 Å². The van der Waals surface area contributed by atoms with Gasteiger partial charge in [-0.15, -0.1) is 0 Å². The van der Waals surface area contributed by atoms with Gasteiger partial charge in [0.2, 0.25) is 0 Å². The smallest absolute Gasteiger partial charge is 0.161 e. The van der Waals surface area contributed by atoms with Crippen LogP contribution in [0.5, 0.6) is 0 Å². The number of H-pyrrole nitrogens is 2. The second-order valence-corrected chi connectivity index (χ2v) is 7.17. The van der Waals surface area contributed by atoms with E-state index in [1.54, 1.807) is 55.1 Å². The summed E-state index contributed by atoms with van der Waals surface area (Å²) in [5.74, 6) is -0.582. The molecule has 7 nitrogen and oxygen atoms in total. The monoisotopic (exact) mass is 425 g/mol. The normalized spacial score (nSPS) is 11.4. The SMILES string of the molecule is Fc1ccccc1-c1cncc2[nH]c(-c3n[nH]c4cnc(-c5cccnc5)c(F)c34)nc12. The highest BCUT2D eigenvalue weighted by molar-refractivity contribution is 5.97. The van der Waals surface area contributed by atoms with E-state index in [1.165, 1.54) is 12.3 Å². The second kappa shape index (κ2) is 7.02. The van der Waals surface area contributed by atoms with Gasteiger partial charge in [-0.05, 0) is 18.2 Å². The third-order valence-electron chi connectivity index (χ3n) is 5.26. The zero-order chi connectivity index (χ0) is 21.7. The fourth-order valence-corrected chi connectivity index (χ4v) is 3.77. The number of aromatic nitrogens is 7. The number of nitrogens with zero attached hydrogens (tertiary/aromatic N) is 5. The predicted molar refractivity (Wildman–Crippen MR) is 115 cm³/mol. The fraction of sp³-hybridized carbons (Fsp3) is 0. The molecule has 6 rings (SSSR count). The van der Waals surface area contributed by atoms with Gasteiger partial charge in [-0.2, -0.15) is 5.10 Å². The minimum Gasteiger partial charge on any atom is -0.335 e. The van der Waals surface area contributed by atoms with E-state index in [9.17, 15) is 4.39 Å². The molecule has 5 heterocycles. The lowest BCUT2D eigenvalue weighted by atomic mass is 10.1. The van der Waals surface area contributed by atoms with Crippen LogP contribution in [0.4, 0.5) is 8.78 Å². The highest BCUT2D eigenvalue weighted by Crippen LogP contribution is 2.34. The van der Waals surface area contributed by atoms with Gasteiger partial charge in [-0.3, -0.25) is 20.1 Å². The number of imidazole rings is 1. The first-order valence-electron chi connectivity index (χ1n) is 9.72. The van der Waals surface area contributed by atoms with Crippen LogP contribution >= 0.6 is 0 Å². The van der Waals surface area contributed by atoms with E-state index in [2.05, 4.69) is 35.1 Å². The van der Waals surface area contributed by atoms with Crippen molar-refractivity contribution in [3.8, 4) is 33.9 Å². The summed E-state index contributed by atoms with van der Waals surface area (Å²) in [6.45, 7) is 0. The Bertz CT molecular complexity index is 1610. The molecule has 5 aromatic heterocycles. The Labute approximate surface area is 179 Å². The highest BCUT2D eigenvalue weighted by Gasteiger charge is 2.21. The molecule has 0 unspecified atom stereocenters. The standard InChI is InChI=1S/C23H13F2N7/c24-15-6-2-1-5-13(15)14-9-27-10-17-21(14)30-23(29-17)22-18-16(31-32-22)11-28-20(19(18)25)12-4-3-7-26-8-12/h1-11H,(H,29,30)(H,31,32). The largest absolute Gasteiger partial charge is 0.335 e. The quantitative estimate of drug-likeness (QED) is 0.420. The summed E-state index contributed by atoms with van der Waals surface area (Å²) in [7, 11) is 0. The van der Waals surface area contributed by atoms with Crippen LogP contribution in [-0.4, -0.2) is 35.1 Å². The average Bonchev–Trinajstić information content (AvgIpc) is 3.45. The van der Waals surface area contributed by atoms with Crippen molar-refractivity contribution in [1.82, 2.24) is 35.1 Å². The van der Waals surface area contributed by atoms with Crippen molar-refractivity contribution in [2.24, 2.45) is 0 Å². The topological polar surface area (TPSA) is 96.0 Å². The van der Waals surface area contributed by atoms with Gasteiger partial charge in [0, 0.05) is 35.3 Å². The van der Waals surface area contributed by atoms with Gasteiger partial charge in [0.15, 0.2) is 11.6 Å². The van der Waals surface area contributed by atoms with Crippen LogP contribution in [0.15, 0.2) is 67.4 Å². The number of benzene rings is 1. The van der Waals surface area contributed by atoms with E-state index >= 15 is 4.39 Å². The minimum absolute atomic E-state index is 0.165. The van der Waals surface area contributed by atoms with Crippen LogP contribution in [0.1, 0.15) is 0 Å². The molecule has 0 bridgehead atoms. The molecule has 0 saturated carbocycles. The number of nitrogens with one attached hydrogen (secondary N) is 2. The van der Waals surface area contributed by atoms with Gasteiger partial charge in [-0.1, -0.05) is 18.2 Å². The van der Waals surface area contributed by atoms with E-state index in [1.807, 2.05) is 0 Å². The summed E-state index contributed by atoms with van der Waals surface area (Å²) in [6, 6.07) is 9.86. The van der Waals surface area contributed by atoms with Crippen LogP contribution in [0.2, 0.25) is 0 Å². The van der Waals surface area contributed by atoms with Crippen molar-refractivity contribution in [2.45, 2.75) is 0 Å². The zero-order valence-corrected chi connectivity index (χ0v) is 16.3. The second-order valence-electron chi connectivity index (χ2n) is 7.17. The molecule has 0 amide bonds. The first-order chi connectivity index (χ1) is 15.7. The number of halogens is 2. The maximum Gasteiger partial charge on any atom is 0.161 e. The lowest BCUT2D eigenvalue weighted by Gasteiger charge is -2.03. The van der Waals surface area contributed by atoms with Crippen LogP contribution in [0.3, 0.4) is 0 Å². The van der Waals surface area contributed by atoms with E-state index in [0.717, 1.165) is 0 Å². The summed E-state index contributed by atoms with van der Waals surface area (Å²) < 4.78 is 29.9. The maximum atomic E-state index is 15.5. The Morgan fingerprint density at radius 2 is 1.69 bits per heavy atom. The van der Waals surface area contributed by atoms with Crippen molar-refractivity contribution in [3.05, 3.63) is 79.0 Å². The molecule has 0 atom stereocenters. The van der Waals surface area contributed by atoms with Crippen LogP contribution < -0.4 is 0 Å². The first-order valence-corrected chi connectivity index (χ1v) is 9.72. The molecule has 0 radical (unpaired) electrons. The van der Waals surface area contributed by atoms with Crippen LogP contribution in [0.25, 0.3) is 55.8 Å². The molecule has 6 aromatic rings. The van der Waals surface area contributed by atoms with Gasteiger partial charge >= 0.3 is 0 Å². The molecule has 0 aliphatic heterocycles. The van der Waals surface area contributed by atoms with Crippen molar-refractivity contribution in [2.75, 3.05) is 0 Å². The molecule has 2 N–H and O–H groups in total. The summed E-state index contributed by atoms with van der Waals surface area (Å²) in [4.78, 5) is 20.2. The Morgan fingerprint density at radius 1 is 0.781 bits per heavy atom. The lowest BCUT2D eigenvalue weighted by Crippen LogP contribution is -1.92. The van der Waals surface area contributed by atoms with E-state index < -0.39 is 5.82 Å². The molecule has 1 aromatic carbocycles. The van der Waals surface area contributed by atoms with Gasteiger partial charge in [0.05, 0.1) is 28.8 Å². The number of rotatable bonds is 3. The highest BCUT2D eigenvalue weighted by atomic mass is 19.1.